The summed E-state index contributed by atoms with van der Waals surface area (Å²) in [5.74, 6) is 0.352. The van der Waals surface area contributed by atoms with Gasteiger partial charge >= 0.3 is 0 Å². The molecule has 0 spiro atoms. The number of carbonyl (C=O) groups is 2. The predicted octanol–water partition coefficient (Wildman–Crippen LogP) is 1.14. The molecule has 1 aliphatic heterocycles. The molecule has 2 amide bonds. The molecule has 2 aromatic rings. The summed E-state index contributed by atoms with van der Waals surface area (Å²) in [6, 6.07) is 6.51. The van der Waals surface area contributed by atoms with Crippen molar-refractivity contribution in [3.05, 3.63) is 42.2 Å². The van der Waals surface area contributed by atoms with Gasteiger partial charge in [0.25, 0.3) is 5.91 Å². The first-order valence-electron chi connectivity index (χ1n) is 8.42. The van der Waals surface area contributed by atoms with Gasteiger partial charge in [-0.3, -0.25) is 9.59 Å². The number of nitrogens with zero attached hydrogens (tertiary/aromatic N) is 2. The Morgan fingerprint density at radius 1 is 1.40 bits per heavy atom. The first-order valence-corrected chi connectivity index (χ1v) is 8.42. The summed E-state index contributed by atoms with van der Waals surface area (Å²) in [6.45, 7) is 4.16. The predicted molar refractivity (Wildman–Crippen MR) is 94.7 cm³/mol. The second-order valence-electron chi connectivity index (χ2n) is 6.65. The van der Waals surface area contributed by atoms with Crippen molar-refractivity contribution >= 4 is 11.8 Å². The van der Waals surface area contributed by atoms with Gasteiger partial charge in [-0.05, 0) is 32.4 Å². The van der Waals surface area contributed by atoms with Crippen molar-refractivity contribution in [3.8, 4) is 11.4 Å². The highest BCUT2D eigenvalue weighted by Crippen LogP contribution is 2.22. The summed E-state index contributed by atoms with van der Waals surface area (Å²) in [5, 5.41) is 2.87. The summed E-state index contributed by atoms with van der Waals surface area (Å²) in [7, 11) is 0. The molecule has 0 saturated carbocycles. The number of aromatic amines is 1. The van der Waals surface area contributed by atoms with E-state index in [1.807, 2.05) is 26.0 Å². The van der Waals surface area contributed by atoms with Crippen molar-refractivity contribution in [3.63, 3.8) is 0 Å². The van der Waals surface area contributed by atoms with Gasteiger partial charge < -0.3 is 20.9 Å². The van der Waals surface area contributed by atoms with Crippen LogP contribution in [0.15, 0.2) is 36.7 Å². The van der Waals surface area contributed by atoms with Crippen LogP contribution >= 0.6 is 0 Å². The molecule has 4 N–H and O–H groups in total. The monoisotopic (exact) mass is 341 g/mol. The molecule has 7 nitrogen and oxygen atoms in total. The zero-order valence-corrected chi connectivity index (χ0v) is 14.4. The number of nitrogens with one attached hydrogen (secondary N) is 2. The molecular formula is C18H23N5O2. The fraction of sp³-hybridized carbons (Fsp3) is 0.389. The van der Waals surface area contributed by atoms with E-state index in [4.69, 9.17) is 5.73 Å². The lowest BCUT2D eigenvalue weighted by atomic mass is 10.1. The molecule has 0 bridgehead atoms. The van der Waals surface area contributed by atoms with Gasteiger partial charge in [0.2, 0.25) is 5.91 Å². The van der Waals surface area contributed by atoms with Crippen LogP contribution in [0, 0.1) is 0 Å². The van der Waals surface area contributed by atoms with E-state index in [0.29, 0.717) is 24.4 Å². The van der Waals surface area contributed by atoms with Gasteiger partial charge in [0.1, 0.15) is 11.9 Å². The smallest absolute Gasteiger partial charge is 0.254 e. The third-order valence-corrected chi connectivity index (χ3v) is 4.21. The van der Waals surface area contributed by atoms with Crippen LogP contribution in [-0.4, -0.2) is 51.4 Å². The van der Waals surface area contributed by atoms with Crippen molar-refractivity contribution in [2.45, 2.75) is 38.4 Å². The van der Waals surface area contributed by atoms with Gasteiger partial charge in [-0.1, -0.05) is 12.1 Å². The third-order valence-electron chi connectivity index (χ3n) is 4.21. The molecule has 1 aliphatic rings. The number of rotatable bonds is 4. The lowest BCUT2D eigenvalue weighted by Gasteiger charge is -2.25. The van der Waals surface area contributed by atoms with Gasteiger partial charge in [-0.25, -0.2) is 4.98 Å². The maximum absolute atomic E-state index is 13.0. The Morgan fingerprint density at radius 2 is 2.20 bits per heavy atom. The summed E-state index contributed by atoms with van der Waals surface area (Å²) in [4.78, 5) is 34.2. The van der Waals surface area contributed by atoms with E-state index in [0.717, 1.165) is 5.56 Å². The molecule has 2 heterocycles. The Morgan fingerprint density at radius 3 is 2.88 bits per heavy atom. The number of benzene rings is 1. The van der Waals surface area contributed by atoms with E-state index in [1.165, 1.54) is 0 Å². The van der Waals surface area contributed by atoms with Crippen molar-refractivity contribution in [2.24, 2.45) is 5.73 Å². The molecule has 1 fully saturated rings. The fourth-order valence-corrected chi connectivity index (χ4v) is 3.11. The number of imidazole rings is 1. The largest absolute Gasteiger partial charge is 0.352 e. The maximum atomic E-state index is 13.0. The molecular weight excluding hydrogens is 318 g/mol. The van der Waals surface area contributed by atoms with Crippen LogP contribution in [0.2, 0.25) is 0 Å². The van der Waals surface area contributed by atoms with Crippen LogP contribution in [0.3, 0.4) is 0 Å². The normalized spacial score (nSPS) is 20.1. The molecule has 1 aromatic heterocycles. The van der Waals surface area contributed by atoms with Crippen molar-refractivity contribution in [1.82, 2.24) is 20.2 Å². The van der Waals surface area contributed by atoms with Crippen LogP contribution in [0.5, 0.6) is 0 Å². The van der Waals surface area contributed by atoms with Crippen LogP contribution in [0.25, 0.3) is 11.4 Å². The molecule has 1 saturated heterocycles. The summed E-state index contributed by atoms with van der Waals surface area (Å²) in [6.07, 6.45) is 3.87. The average Bonchev–Trinajstić information content (AvgIpc) is 3.23. The first-order chi connectivity index (χ1) is 12.0. The van der Waals surface area contributed by atoms with E-state index in [1.54, 1.807) is 29.4 Å². The number of amides is 2. The number of hydrogen-bond acceptors (Lipinski definition) is 4. The molecule has 0 radical (unpaired) electrons. The number of nitrogens with two attached hydrogens (primary N) is 1. The van der Waals surface area contributed by atoms with Crippen LogP contribution < -0.4 is 11.1 Å². The summed E-state index contributed by atoms with van der Waals surface area (Å²) < 4.78 is 0. The maximum Gasteiger partial charge on any atom is 0.254 e. The Balaban J connectivity index is 1.84. The van der Waals surface area contributed by atoms with E-state index < -0.39 is 6.04 Å². The minimum Gasteiger partial charge on any atom is -0.352 e. The van der Waals surface area contributed by atoms with E-state index >= 15 is 0 Å². The van der Waals surface area contributed by atoms with Crippen LogP contribution in [0.4, 0.5) is 0 Å². The Labute approximate surface area is 146 Å². The standard InChI is InChI=1S/C18H23N5O2/c1-11(2)22-17(24)15-9-14(19)10-23(15)18(25)13-5-3-4-12(8-13)16-20-6-7-21-16/h3-8,11,14-15H,9-10,19H2,1-2H3,(H,20,21)(H,22,24). The van der Waals surface area contributed by atoms with Gasteiger partial charge in [0.05, 0.1) is 0 Å². The van der Waals surface area contributed by atoms with Crippen molar-refractivity contribution < 1.29 is 9.59 Å². The van der Waals surface area contributed by atoms with Crippen LogP contribution in [-0.2, 0) is 4.79 Å². The Hall–Kier alpha value is -2.67. The zero-order chi connectivity index (χ0) is 18.0. The molecule has 0 aliphatic carbocycles. The molecule has 3 rings (SSSR count). The van der Waals surface area contributed by atoms with Gasteiger partial charge in [-0.2, -0.15) is 0 Å². The zero-order valence-electron chi connectivity index (χ0n) is 14.4. The summed E-state index contributed by atoms with van der Waals surface area (Å²) >= 11 is 0. The average molecular weight is 341 g/mol. The highest BCUT2D eigenvalue weighted by molar-refractivity contribution is 5.98. The molecule has 132 valence electrons. The Kier molecular flexibility index (Phi) is 4.85. The van der Waals surface area contributed by atoms with Gasteiger partial charge in [0.15, 0.2) is 0 Å². The summed E-state index contributed by atoms with van der Waals surface area (Å²) in [5.41, 5.74) is 7.36. The van der Waals surface area contributed by atoms with Crippen LogP contribution in [0.1, 0.15) is 30.6 Å². The SMILES string of the molecule is CC(C)NC(=O)C1CC(N)CN1C(=O)c1cccc(-c2ncc[nH]2)c1. The highest BCUT2D eigenvalue weighted by atomic mass is 16.2. The van der Waals surface area contributed by atoms with Crippen molar-refractivity contribution in [2.75, 3.05) is 6.54 Å². The molecule has 7 heteroatoms. The lowest BCUT2D eigenvalue weighted by Crippen LogP contribution is -2.47. The van der Waals surface area contributed by atoms with E-state index in [9.17, 15) is 9.59 Å². The fourth-order valence-electron chi connectivity index (χ4n) is 3.11. The van der Waals surface area contributed by atoms with Crippen molar-refractivity contribution in [1.29, 1.82) is 0 Å². The number of aromatic nitrogens is 2. The quantitative estimate of drug-likeness (QED) is 0.776. The van der Waals surface area contributed by atoms with E-state index in [2.05, 4.69) is 15.3 Å². The number of likely N-dealkylation sites (tertiary alicyclic amines) is 1. The minimum absolute atomic E-state index is 0.0172. The van der Waals surface area contributed by atoms with Gasteiger partial charge in [-0.15, -0.1) is 0 Å². The Bertz CT molecular complexity index is 757. The lowest BCUT2D eigenvalue weighted by molar-refractivity contribution is -0.125. The third kappa shape index (κ3) is 3.71. The number of hydrogen-bond donors (Lipinski definition) is 3. The van der Waals surface area contributed by atoms with E-state index in [-0.39, 0.29) is 23.9 Å². The second kappa shape index (κ2) is 7.06. The topological polar surface area (TPSA) is 104 Å². The number of H-pyrrole nitrogens is 1. The first kappa shape index (κ1) is 17.2. The second-order valence-corrected chi connectivity index (χ2v) is 6.65. The molecule has 25 heavy (non-hydrogen) atoms. The molecule has 2 atom stereocenters. The molecule has 2 unspecified atom stereocenters. The minimum atomic E-state index is -0.530. The highest BCUT2D eigenvalue weighted by Gasteiger charge is 2.38. The number of carbonyl (C=O) groups excluding carboxylic acids is 2. The molecule has 1 aromatic carbocycles. The van der Waals surface area contributed by atoms with Gasteiger partial charge in [0, 0.05) is 42.1 Å².